The van der Waals surface area contributed by atoms with Gasteiger partial charge in [0.2, 0.25) is 11.9 Å². The van der Waals surface area contributed by atoms with E-state index in [1.807, 2.05) is 32.0 Å². The smallest absolute Gasteiger partial charge is 0.254 e. The summed E-state index contributed by atoms with van der Waals surface area (Å²) in [7, 11) is 3.11. The number of imidazole rings is 1. The first-order valence-electron chi connectivity index (χ1n) is 12.1. The fraction of sp³-hybridized carbons (Fsp3) is 0.207. The molecule has 0 aliphatic heterocycles. The Morgan fingerprint density at radius 2 is 1.54 bits per heavy atom. The summed E-state index contributed by atoms with van der Waals surface area (Å²) in [6, 6.07) is 19.0. The van der Waals surface area contributed by atoms with Gasteiger partial charge in [0.15, 0.2) is 11.5 Å². The molecule has 0 aliphatic carbocycles. The molecule has 202 valence electrons. The standard InChI is InChI=1S/C29H28Cl2N4O4/c1-18(2)34(28(37)20-7-11-22(31)12-8-20)17-27(36)33-29-32-24(19-5-9-21(30)10-6-19)16-35(29)23-13-14-25(38-3)26(15-23)39-4/h5-16,18H,17H2,1-4H3,(H,32,33,36). The molecule has 0 aliphatic rings. The number of aromatic nitrogens is 2. The van der Waals surface area contributed by atoms with E-state index < -0.39 is 5.91 Å². The van der Waals surface area contributed by atoms with Crippen LogP contribution in [-0.2, 0) is 4.79 Å². The summed E-state index contributed by atoms with van der Waals surface area (Å²) in [6.07, 6.45) is 1.80. The van der Waals surface area contributed by atoms with Crippen molar-refractivity contribution in [3.05, 3.63) is 88.5 Å². The number of benzene rings is 3. The van der Waals surface area contributed by atoms with Gasteiger partial charge in [0.1, 0.15) is 6.54 Å². The van der Waals surface area contributed by atoms with Crippen molar-refractivity contribution in [1.29, 1.82) is 0 Å². The van der Waals surface area contributed by atoms with Crippen LogP contribution in [0.15, 0.2) is 72.9 Å². The number of anilines is 1. The second kappa shape index (κ2) is 12.2. The maximum absolute atomic E-state index is 13.3. The van der Waals surface area contributed by atoms with Crippen LogP contribution in [0.2, 0.25) is 10.0 Å². The Hall–Kier alpha value is -4.01. The SMILES string of the molecule is COc1ccc(-n2cc(-c3ccc(Cl)cc3)nc2NC(=O)CN(C(=O)c2ccc(Cl)cc2)C(C)C)cc1OC. The molecule has 3 aromatic carbocycles. The second-order valence-corrected chi connectivity index (χ2v) is 9.82. The van der Waals surface area contributed by atoms with Crippen molar-refractivity contribution in [3.63, 3.8) is 0 Å². The predicted octanol–water partition coefficient (Wildman–Crippen LogP) is 6.35. The zero-order valence-electron chi connectivity index (χ0n) is 21.9. The summed E-state index contributed by atoms with van der Waals surface area (Å²) in [6.45, 7) is 3.53. The molecule has 39 heavy (non-hydrogen) atoms. The number of nitrogens with one attached hydrogen (secondary N) is 1. The van der Waals surface area contributed by atoms with Gasteiger partial charge in [-0.1, -0.05) is 35.3 Å². The Balaban J connectivity index is 1.66. The molecule has 0 saturated heterocycles. The number of halogens is 2. The highest BCUT2D eigenvalue weighted by molar-refractivity contribution is 6.31. The van der Waals surface area contributed by atoms with Crippen molar-refractivity contribution in [1.82, 2.24) is 14.5 Å². The zero-order valence-corrected chi connectivity index (χ0v) is 23.5. The molecule has 1 aromatic heterocycles. The molecule has 0 radical (unpaired) electrons. The summed E-state index contributed by atoms with van der Waals surface area (Å²) in [5, 5.41) is 4.01. The third-order valence-corrected chi connectivity index (χ3v) is 6.54. The van der Waals surface area contributed by atoms with E-state index in [0.29, 0.717) is 38.5 Å². The van der Waals surface area contributed by atoms with E-state index >= 15 is 0 Å². The minimum absolute atomic E-state index is 0.172. The van der Waals surface area contributed by atoms with Crippen LogP contribution in [0.5, 0.6) is 11.5 Å². The van der Waals surface area contributed by atoms with Crippen LogP contribution in [-0.4, -0.2) is 53.1 Å². The lowest BCUT2D eigenvalue weighted by Crippen LogP contribution is -2.42. The summed E-state index contributed by atoms with van der Waals surface area (Å²) in [5.74, 6) is 0.689. The van der Waals surface area contributed by atoms with Crippen molar-refractivity contribution in [3.8, 4) is 28.4 Å². The van der Waals surface area contributed by atoms with Crippen molar-refractivity contribution in [2.75, 3.05) is 26.1 Å². The van der Waals surface area contributed by atoms with Gasteiger partial charge in [0.25, 0.3) is 5.91 Å². The van der Waals surface area contributed by atoms with E-state index in [9.17, 15) is 9.59 Å². The van der Waals surface area contributed by atoms with Gasteiger partial charge in [0, 0.05) is 39.5 Å². The van der Waals surface area contributed by atoms with E-state index in [1.54, 1.807) is 73.5 Å². The number of ether oxygens (including phenoxy) is 2. The van der Waals surface area contributed by atoms with E-state index in [1.165, 1.54) is 4.90 Å². The maximum Gasteiger partial charge on any atom is 0.254 e. The van der Waals surface area contributed by atoms with E-state index in [-0.39, 0.29) is 24.4 Å². The largest absolute Gasteiger partial charge is 0.493 e. The number of carbonyl (C=O) groups excluding carboxylic acids is 2. The molecule has 8 nitrogen and oxygen atoms in total. The predicted molar refractivity (Wildman–Crippen MR) is 153 cm³/mol. The van der Waals surface area contributed by atoms with Gasteiger partial charge >= 0.3 is 0 Å². The van der Waals surface area contributed by atoms with E-state index in [4.69, 9.17) is 32.7 Å². The molecule has 4 aromatic rings. The lowest BCUT2D eigenvalue weighted by molar-refractivity contribution is -0.117. The van der Waals surface area contributed by atoms with Gasteiger partial charge in [-0.2, -0.15) is 0 Å². The first-order chi connectivity index (χ1) is 18.7. The Bertz CT molecular complexity index is 1470. The first-order valence-corrected chi connectivity index (χ1v) is 12.9. The highest BCUT2D eigenvalue weighted by Crippen LogP contribution is 2.32. The second-order valence-electron chi connectivity index (χ2n) is 8.95. The Labute approximate surface area is 237 Å². The van der Waals surface area contributed by atoms with Gasteiger partial charge in [-0.15, -0.1) is 0 Å². The Morgan fingerprint density at radius 1 is 0.923 bits per heavy atom. The number of carbonyl (C=O) groups is 2. The van der Waals surface area contributed by atoms with Gasteiger partial charge in [-0.25, -0.2) is 4.98 Å². The number of methoxy groups -OCH3 is 2. The molecule has 2 amide bonds. The molecular weight excluding hydrogens is 539 g/mol. The van der Waals surface area contributed by atoms with Crippen LogP contribution in [0.3, 0.4) is 0 Å². The summed E-state index contributed by atoms with van der Waals surface area (Å²) < 4.78 is 12.6. The number of amides is 2. The average molecular weight is 567 g/mol. The average Bonchev–Trinajstić information content (AvgIpc) is 3.35. The third kappa shape index (κ3) is 6.53. The molecule has 0 fully saturated rings. The van der Waals surface area contributed by atoms with Gasteiger partial charge in [-0.3, -0.25) is 19.5 Å². The summed E-state index contributed by atoms with van der Waals surface area (Å²) in [5.41, 5.74) is 2.57. The minimum Gasteiger partial charge on any atom is -0.493 e. The van der Waals surface area contributed by atoms with Crippen LogP contribution < -0.4 is 14.8 Å². The van der Waals surface area contributed by atoms with Gasteiger partial charge < -0.3 is 14.4 Å². The maximum atomic E-state index is 13.3. The number of hydrogen-bond donors (Lipinski definition) is 1. The molecule has 0 unspecified atom stereocenters. The van der Waals surface area contributed by atoms with Crippen molar-refractivity contribution < 1.29 is 19.1 Å². The van der Waals surface area contributed by atoms with Crippen molar-refractivity contribution in [2.24, 2.45) is 0 Å². The molecular formula is C29H28Cl2N4O4. The van der Waals surface area contributed by atoms with Crippen LogP contribution in [0, 0.1) is 0 Å². The molecule has 1 N–H and O–H groups in total. The fourth-order valence-corrected chi connectivity index (χ4v) is 4.22. The highest BCUT2D eigenvalue weighted by atomic mass is 35.5. The topological polar surface area (TPSA) is 85.7 Å². The Kier molecular flexibility index (Phi) is 8.79. The van der Waals surface area contributed by atoms with Crippen molar-refractivity contribution >= 4 is 41.0 Å². The van der Waals surface area contributed by atoms with Crippen LogP contribution in [0.1, 0.15) is 24.2 Å². The molecule has 4 rings (SSSR count). The molecule has 0 bridgehead atoms. The molecule has 0 atom stereocenters. The lowest BCUT2D eigenvalue weighted by atomic mass is 10.1. The third-order valence-electron chi connectivity index (χ3n) is 6.03. The molecule has 0 saturated carbocycles. The van der Waals surface area contributed by atoms with Gasteiger partial charge in [0.05, 0.1) is 25.6 Å². The fourth-order valence-electron chi connectivity index (χ4n) is 3.97. The van der Waals surface area contributed by atoms with Crippen LogP contribution in [0.25, 0.3) is 16.9 Å². The van der Waals surface area contributed by atoms with E-state index in [0.717, 1.165) is 5.56 Å². The molecule has 10 heteroatoms. The number of rotatable bonds is 9. The highest BCUT2D eigenvalue weighted by Gasteiger charge is 2.23. The monoisotopic (exact) mass is 566 g/mol. The summed E-state index contributed by atoms with van der Waals surface area (Å²) in [4.78, 5) is 32.6. The molecule has 0 spiro atoms. The number of hydrogen-bond acceptors (Lipinski definition) is 5. The zero-order chi connectivity index (χ0) is 28.1. The van der Waals surface area contributed by atoms with Crippen LogP contribution >= 0.6 is 23.2 Å². The Morgan fingerprint density at radius 3 is 2.13 bits per heavy atom. The normalized spacial score (nSPS) is 10.8. The minimum atomic E-state index is -0.402. The number of nitrogens with zero attached hydrogens (tertiary/aromatic N) is 3. The quantitative estimate of drug-likeness (QED) is 0.255. The van der Waals surface area contributed by atoms with Gasteiger partial charge in [-0.05, 0) is 62.4 Å². The van der Waals surface area contributed by atoms with E-state index in [2.05, 4.69) is 10.3 Å². The summed E-state index contributed by atoms with van der Waals surface area (Å²) >= 11 is 12.0. The first kappa shape index (κ1) is 28.0. The van der Waals surface area contributed by atoms with Crippen LogP contribution in [0.4, 0.5) is 5.95 Å². The van der Waals surface area contributed by atoms with Crippen molar-refractivity contribution in [2.45, 2.75) is 19.9 Å². The lowest BCUT2D eigenvalue weighted by Gasteiger charge is -2.26. The molecule has 1 heterocycles.